The van der Waals surface area contributed by atoms with Gasteiger partial charge < -0.3 is 4.42 Å². The van der Waals surface area contributed by atoms with E-state index in [9.17, 15) is 4.79 Å². The Balaban J connectivity index is 1.60. The summed E-state index contributed by atoms with van der Waals surface area (Å²) >= 11 is 7.81. The Hall–Kier alpha value is -2.57. The van der Waals surface area contributed by atoms with Crippen molar-refractivity contribution in [1.29, 1.82) is 0 Å². The summed E-state index contributed by atoms with van der Waals surface area (Å²) in [5, 5.41) is 9.37. The van der Waals surface area contributed by atoms with E-state index in [4.69, 9.17) is 16.0 Å². The molecule has 0 spiro atoms. The fourth-order valence-electron chi connectivity index (χ4n) is 2.97. The zero-order valence-electron chi connectivity index (χ0n) is 15.5. The van der Waals surface area contributed by atoms with Gasteiger partial charge in [0.15, 0.2) is 5.82 Å². The van der Waals surface area contributed by atoms with E-state index in [2.05, 4.69) is 15.2 Å². The van der Waals surface area contributed by atoms with E-state index in [-0.39, 0.29) is 5.63 Å². The van der Waals surface area contributed by atoms with Crippen molar-refractivity contribution >= 4 is 34.3 Å². The Bertz CT molecular complexity index is 1200. The highest BCUT2D eigenvalue weighted by atomic mass is 35.5. The van der Waals surface area contributed by atoms with Crippen LogP contribution in [0.1, 0.15) is 23.6 Å². The van der Waals surface area contributed by atoms with E-state index in [0.717, 1.165) is 34.3 Å². The standard InChI is InChI=1S/C21H18ClN3O2S/c1-3-13-8-18-16(10-17(13)22)15(9-19(26)27-18)11-28-21-23-20(24-25-21)14-6-4-12(2)5-7-14/h4-10H,3,11H2,1-2H3,(H,23,24,25). The highest BCUT2D eigenvalue weighted by Gasteiger charge is 2.12. The molecule has 0 radical (unpaired) electrons. The summed E-state index contributed by atoms with van der Waals surface area (Å²) in [6.45, 7) is 4.06. The highest BCUT2D eigenvalue weighted by Crippen LogP contribution is 2.29. The second kappa shape index (κ2) is 7.81. The van der Waals surface area contributed by atoms with Crippen molar-refractivity contribution in [3.05, 3.63) is 74.6 Å². The molecule has 0 aliphatic heterocycles. The third-order valence-electron chi connectivity index (χ3n) is 4.52. The zero-order chi connectivity index (χ0) is 19.7. The van der Waals surface area contributed by atoms with Gasteiger partial charge in [-0.1, -0.05) is 60.1 Å². The number of H-pyrrole nitrogens is 1. The van der Waals surface area contributed by atoms with Crippen LogP contribution >= 0.6 is 23.4 Å². The molecule has 28 heavy (non-hydrogen) atoms. The van der Waals surface area contributed by atoms with Crippen LogP contribution in [0.2, 0.25) is 5.02 Å². The Kier molecular flexibility index (Phi) is 5.24. The second-order valence-corrected chi connectivity index (χ2v) is 7.85. The van der Waals surface area contributed by atoms with Gasteiger partial charge in [-0.15, -0.1) is 5.10 Å². The van der Waals surface area contributed by atoms with Crippen LogP contribution in [0.25, 0.3) is 22.4 Å². The lowest BCUT2D eigenvalue weighted by atomic mass is 10.1. The first-order valence-corrected chi connectivity index (χ1v) is 10.3. The molecular formula is C21H18ClN3O2S. The third kappa shape index (κ3) is 3.84. The molecule has 4 aromatic rings. The molecule has 5 nitrogen and oxygen atoms in total. The molecule has 0 saturated carbocycles. The molecular weight excluding hydrogens is 394 g/mol. The molecule has 0 atom stereocenters. The van der Waals surface area contributed by atoms with Crippen LogP contribution in [0.15, 0.2) is 56.8 Å². The second-order valence-electron chi connectivity index (χ2n) is 6.51. The van der Waals surface area contributed by atoms with E-state index >= 15 is 0 Å². The number of nitrogens with zero attached hydrogens (tertiary/aromatic N) is 2. The van der Waals surface area contributed by atoms with E-state index in [1.807, 2.05) is 50.2 Å². The van der Waals surface area contributed by atoms with Crippen molar-refractivity contribution in [1.82, 2.24) is 15.2 Å². The number of hydrogen-bond acceptors (Lipinski definition) is 5. The van der Waals surface area contributed by atoms with Gasteiger partial charge in [0.2, 0.25) is 5.16 Å². The minimum absolute atomic E-state index is 0.372. The molecule has 1 N–H and O–H groups in total. The average molecular weight is 412 g/mol. The number of halogens is 1. The van der Waals surface area contributed by atoms with Gasteiger partial charge in [-0.25, -0.2) is 9.78 Å². The number of aryl methyl sites for hydroxylation is 2. The predicted octanol–water partition coefficient (Wildman–Crippen LogP) is 5.39. The van der Waals surface area contributed by atoms with E-state index in [1.165, 1.54) is 23.4 Å². The number of thioether (sulfide) groups is 1. The maximum Gasteiger partial charge on any atom is 0.336 e. The molecule has 4 rings (SSSR count). The monoisotopic (exact) mass is 411 g/mol. The SMILES string of the molecule is CCc1cc2oc(=O)cc(CSc3n[nH]c(-c4ccc(C)cc4)n3)c2cc1Cl. The molecule has 0 aliphatic rings. The van der Waals surface area contributed by atoms with Gasteiger partial charge in [0, 0.05) is 27.8 Å². The van der Waals surface area contributed by atoms with Crippen molar-refractivity contribution in [3.8, 4) is 11.4 Å². The van der Waals surface area contributed by atoms with Crippen molar-refractivity contribution in [2.24, 2.45) is 0 Å². The van der Waals surface area contributed by atoms with Crippen LogP contribution in [-0.2, 0) is 12.2 Å². The number of rotatable bonds is 5. The van der Waals surface area contributed by atoms with Gasteiger partial charge >= 0.3 is 5.63 Å². The molecule has 142 valence electrons. The summed E-state index contributed by atoms with van der Waals surface area (Å²) in [7, 11) is 0. The number of aromatic nitrogens is 3. The molecule has 2 heterocycles. The van der Waals surface area contributed by atoms with Crippen molar-refractivity contribution in [2.45, 2.75) is 31.2 Å². The van der Waals surface area contributed by atoms with Gasteiger partial charge in [0.05, 0.1) is 0 Å². The van der Waals surface area contributed by atoms with Gasteiger partial charge in [0.1, 0.15) is 5.58 Å². The summed E-state index contributed by atoms with van der Waals surface area (Å²) in [6, 6.07) is 13.3. The predicted molar refractivity (Wildman–Crippen MR) is 113 cm³/mol. The maximum absolute atomic E-state index is 12.0. The number of aromatic amines is 1. The van der Waals surface area contributed by atoms with Crippen molar-refractivity contribution < 1.29 is 4.42 Å². The average Bonchev–Trinajstić information content (AvgIpc) is 3.15. The molecule has 0 saturated heterocycles. The quantitative estimate of drug-likeness (QED) is 0.352. The Labute approximate surface area is 171 Å². The summed E-state index contributed by atoms with van der Waals surface area (Å²) in [4.78, 5) is 16.5. The van der Waals surface area contributed by atoms with Gasteiger partial charge in [-0.05, 0) is 36.6 Å². The van der Waals surface area contributed by atoms with Crippen LogP contribution in [-0.4, -0.2) is 15.2 Å². The minimum atomic E-state index is -0.372. The molecule has 0 amide bonds. The fourth-order valence-corrected chi connectivity index (χ4v) is 4.06. The first-order chi connectivity index (χ1) is 13.5. The van der Waals surface area contributed by atoms with Gasteiger partial charge in [-0.2, -0.15) is 0 Å². The topological polar surface area (TPSA) is 71.8 Å². The van der Waals surface area contributed by atoms with E-state index in [1.54, 1.807) is 0 Å². The summed E-state index contributed by atoms with van der Waals surface area (Å²) in [6.07, 6.45) is 0.774. The molecule has 2 aromatic carbocycles. The van der Waals surface area contributed by atoms with Crippen molar-refractivity contribution in [3.63, 3.8) is 0 Å². The third-order valence-corrected chi connectivity index (χ3v) is 5.77. The lowest BCUT2D eigenvalue weighted by Gasteiger charge is -2.07. The molecule has 7 heteroatoms. The highest BCUT2D eigenvalue weighted by molar-refractivity contribution is 7.98. The van der Waals surface area contributed by atoms with Crippen LogP contribution in [0, 0.1) is 6.92 Å². The Morgan fingerprint density at radius 2 is 1.93 bits per heavy atom. The Morgan fingerprint density at radius 3 is 2.68 bits per heavy atom. The first kappa shape index (κ1) is 18.8. The minimum Gasteiger partial charge on any atom is -0.423 e. The van der Waals surface area contributed by atoms with Crippen LogP contribution in [0.5, 0.6) is 0 Å². The largest absolute Gasteiger partial charge is 0.423 e. The van der Waals surface area contributed by atoms with E-state index < -0.39 is 0 Å². The van der Waals surface area contributed by atoms with Gasteiger partial charge in [0.25, 0.3) is 0 Å². The molecule has 0 fully saturated rings. The molecule has 0 aliphatic carbocycles. The number of hydrogen-bond donors (Lipinski definition) is 1. The fraction of sp³-hybridized carbons (Fsp3) is 0.190. The first-order valence-electron chi connectivity index (χ1n) is 8.91. The smallest absolute Gasteiger partial charge is 0.336 e. The lowest BCUT2D eigenvalue weighted by molar-refractivity contribution is 0.559. The zero-order valence-corrected chi connectivity index (χ0v) is 17.0. The Morgan fingerprint density at radius 1 is 1.14 bits per heavy atom. The summed E-state index contributed by atoms with van der Waals surface area (Å²) in [5.41, 5.74) is 4.16. The number of nitrogens with one attached hydrogen (secondary N) is 1. The number of benzene rings is 2. The lowest BCUT2D eigenvalue weighted by Crippen LogP contribution is -2.00. The normalized spacial score (nSPS) is 11.2. The van der Waals surface area contributed by atoms with Crippen molar-refractivity contribution in [2.75, 3.05) is 0 Å². The maximum atomic E-state index is 12.0. The van der Waals surface area contributed by atoms with Crippen LogP contribution < -0.4 is 5.63 Å². The molecule has 2 aromatic heterocycles. The summed E-state index contributed by atoms with van der Waals surface area (Å²) in [5.74, 6) is 1.25. The van der Waals surface area contributed by atoms with E-state index in [0.29, 0.717) is 21.5 Å². The van der Waals surface area contributed by atoms with Crippen LogP contribution in [0.3, 0.4) is 0 Å². The molecule has 0 bridgehead atoms. The van der Waals surface area contributed by atoms with Crippen LogP contribution in [0.4, 0.5) is 0 Å². The van der Waals surface area contributed by atoms with Gasteiger partial charge in [-0.3, -0.25) is 5.10 Å². The summed E-state index contributed by atoms with van der Waals surface area (Å²) < 4.78 is 5.36. The number of fused-ring (bicyclic) bond motifs is 1. The molecule has 0 unspecified atom stereocenters.